The van der Waals surface area contributed by atoms with E-state index in [2.05, 4.69) is 15.1 Å². The molecule has 8 nitrogen and oxygen atoms in total. The third-order valence-corrected chi connectivity index (χ3v) is 10.2. The molecule has 2 N–H and O–H groups in total. The lowest BCUT2D eigenvalue weighted by atomic mass is 9.95. The van der Waals surface area contributed by atoms with E-state index < -0.39 is 18.2 Å². The number of phenols is 1. The molecule has 0 amide bonds. The number of ether oxygens (including phenoxy) is 1. The molecule has 0 radical (unpaired) electrons. The van der Waals surface area contributed by atoms with Crippen LogP contribution in [0.3, 0.4) is 0 Å². The summed E-state index contributed by atoms with van der Waals surface area (Å²) >= 11 is 0. The number of piperazine rings is 1. The summed E-state index contributed by atoms with van der Waals surface area (Å²) in [5.74, 6) is 0.545. The van der Waals surface area contributed by atoms with Crippen LogP contribution in [0, 0.1) is 5.82 Å². The smallest absolute Gasteiger partial charge is 0.318 e. The van der Waals surface area contributed by atoms with E-state index in [1.54, 1.807) is 23.1 Å². The molecule has 10 heteroatoms. The Kier molecular flexibility index (Phi) is 5.86. The van der Waals surface area contributed by atoms with Gasteiger partial charge in [-0.15, -0.1) is 0 Å². The number of phenolic OH excluding ortho intramolecular Hbond substituents is 1. The van der Waals surface area contributed by atoms with Crippen LogP contribution in [-0.4, -0.2) is 83.0 Å². The highest BCUT2D eigenvalue weighted by atomic mass is 19.1. The van der Waals surface area contributed by atoms with E-state index in [4.69, 9.17) is 18.8 Å². The summed E-state index contributed by atoms with van der Waals surface area (Å²) < 4.78 is 62.4. The van der Waals surface area contributed by atoms with Gasteiger partial charge in [0.25, 0.3) is 0 Å². The van der Waals surface area contributed by atoms with E-state index in [-0.39, 0.29) is 30.5 Å². The molecule has 5 aliphatic heterocycles. The van der Waals surface area contributed by atoms with Gasteiger partial charge in [0, 0.05) is 67.4 Å². The van der Waals surface area contributed by atoms with Gasteiger partial charge in [-0.3, -0.25) is 4.90 Å². The zero-order valence-electron chi connectivity index (χ0n) is 27.5. The van der Waals surface area contributed by atoms with Gasteiger partial charge in [0.1, 0.15) is 30.1 Å². The van der Waals surface area contributed by atoms with Crippen LogP contribution in [0.2, 0.25) is 0 Å². The second kappa shape index (κ2) is 10.4. The van der Waals surface area contributed by atoms with Crippen LogP contribution in [0.4, 0.5) is 20.3 Å². The molecule has 2 aromatic carbocycles. The van der Waals surface area contributed by atoms with Crippen molar-refractivity contribution in [3.8, 4) is 11.8 Å². The molecule has 3 aromatic rings. The zero-order valence-corrected chi connectivity index (χ0v) is 24.5. The maximum Gasteiger partial charge on any atom is 0.318 e. The minimum Gasteiger partial charge on any atom is -0.508 e. The second-order valence-electron chi connectivity index (χ2n) is 12.9. The van der Waals surface area contributed by atoms with E-state index in [9.17, 15) is 9.50 Å². The normalized spacial score (nSPS) is 31.6. The third-order valence-electron chi connectivity index (χ3n) is 10.2. The van der Waals surface area contributed by atoms with Gasteiger partial charge in [0.05, 0.1) is 21.9 Å². The molecule has 4 saturated heterocycles. The minimum atomic E-state index is -2.34. The standard InChI is InChI=1S/C33H40F2N6O2/c1-2-25-27(35)7-4-20-12-24(42)13-29(30(20)25)39-11-8-26-28(18-39)37-32(38-31(26)40-16-22-5-6-23(17-40)36-22)43-19-33-9-3-10-41(33)15-21(34)14-33/h4,7,12-13,21-23,36,42H,2-3,5-6,8-11,14-19H2,1H3/t21-,22-,23+,33+/m1/s1/i19D2,21D. The van der Waals surface area contributed by atoms with Gasteiger partial charge in [-0.05, 0) is 68.2 Å². The highest BCUT2D eigenvalue weighted by Gasteiger charge is 2.49. The molecule has 6 heterocycles. The number of benzene rings is 2. The fraction of sp³-hybridized carbons (Fsp3) is 0.576. The maximum atomic E-state index is 15.0. The number of nitrogens with zero attached hydrogens (tertiary/aromatic N) is 5. The molecule has 0 unspecified atom stereocenters. The number of hydrogen-bond donors (Lipinski definition) is 2. The predicted octanol–water partition coefficient (Wildman–Crippen LogP) is 4.50. The molecule has 5 aliphatic rings. The number of aromatic nitrogens is 2. The van der Waals surface area contributed by atoms with E-state index in [1.807, 2.05) is 6.92 Å². The molecule has 4 atom stereocenters. The Morgan fingerprint density at radius 1 is 1.16 bits per heavy atom. The van der Waals surface area contributed by atoms with Gasteiger partial charge in [0.15, 0.2) is 0 Å². The number of alkyl halides is 1. The first kappa shape index (κ1) is 24.1. The summed E-state index contributed by atoms with van der Waals surface area (Å²) in [6, 6.07) is 7.05. The molecule has 0 spiro atoms. The molecule has 0 aliphatic carbocycles. The monoisotopic (exact) mass is 593 g/mol. The second-order valence-corrected chi connectivity index (χ2v) is 12.9. The van der Waals surface area contributed by atoms with Crippen molar-refractivity contribution in [2.24, 2.45) is 0 Å². The number of halogens is 2. The van der Waals surface area contributed by atoms with Crippen molar-refractivity contribution in [2.75, 3.05) is 49.1 Å². The van der Waals surface area contributed by atoms with Crippen molar-refractivity contribution in [3.05, 3.63) is 46.9 Å². The highest BCUT2D eigenvalue weighted by molar-refractivity contribution is 5.98. The quantitative estimate of drug-likeness (QED) is 0.433. The van der Waals surface area contributed by atoms with Crippen LogP contribution in [0.15, 0.2) is 24.3 Å². The Balaban J connectivity index is 1.20. The number of aryl methyl sites for hydroxylation is 1. The van der Waals surface area contributed by atoms with Crippen molar-refractivity contribution in [2.45, 2.75) is 82.2 Å². The average Bonchev–Trinajstić information content (AvgIpc) is 3.65. The summed E-state index contributed by atoms with van der Waals surface area (Å²) in [5.41, 5.74) is 1.70. The molecule has 8 rings (SSSR count). The third kappa shape index (κ3) is 4.68. The van der Waals surface area contributed by atoms with Crippen LogP contribution in [0.25, 0.3) is 10.8 Å². The minimum absolute atomic E-state index is 0.0918. The molecule has 0 saturated carbocycles. The van der Waals surface area contributed by atoms with E-state index >= 15 is 4.39 Å². The lowest BCUT2D eigenvalue weighted by molar-refractivity contribution is 0.107. The maximum absolute atomic E-state index is 15.0. The van der Waals surface area contributed by atoms with Crippen molar-refractivity contribution in [1.82, 2.24) is 20.2 Å². The van der Waals surface area contributed by atoms with Crippen molar-refractivity contribution in [3.63, 3.8) is 0 Å². The molecule has 4 fully saturated rings. The van der Waals surface area contributed by atoms with Crippen molar-refractivity contribution >= 4 is 22.3 Å². The molecule has 228 valence electrons. The molecule has 43 heavy (non-hydrogen) atoms. The lowest BCUT2D eigenvalue weighted by Gasteiger charge is -2.38. The highest BCUT2D eigenvalue weighted by Crippen LogP contribution is 2.42. The SMILES string of the molecule is [2H]C([2H])(Oc1nc2c(c(N3C[C@H]4CC[C@@H](C3)N4)n1)CCN(c1cc(O)cc3ccc(F)c(CC)c13)C2)[C@@]12CCCN1C[C@]([2H])(F)C2. The Labute approximate surface area is 255 Å². The summed E-state index contributed by atoms with van der Waals surface area (Å²) in [6.07, 6.45) is 1.83. The number of aromatic hydroxyl groups is 1. The predicted molar refractivity (Wildman–Crippen MR) is 162 cm³/mol. The average molecular weight is 594 g/mol. The van der Waals surface area contributed by atoms with Crippen molar-refractivity contribution < 1.29 is 22.7 Å². The van der Waals surface area contributed by atoms with Crippen LogP contribution in [0.1, 0.15) is 60.0 Å². The molecule has 1 aromatic heterocycles. The number of rotatable bonds is 6. The zero-order chi connectivity index (χ0) is 32.0. The largest absolute Gasteiger partial charge is 0.508 e. The summed E-state index contributed by atoms with van der Waals surface area (Å²) in [4.78, 5) is 15.8. The fourth-order valence-electron chi connectivity index (χ4n) is 8.18. The van der Waals surface area contributed by atoms with Gasteiger partial charge in [-0.25, -0.2) is 8.78 Å². The van der Waals surface area contributed by atoms with Crippen LogP contribution in [0.5, 0.6) is 11.8 Å². The number of anilines is 2. The summed E-state index contributed by atoms with van der Waals surface area (Å²) in [7, 11) is 0. The van der Waals surface area contributed by atoms with Crippen LogP contribution < -0.4 is 19.9 Å². The topological polar surface area (TPSA) is 77.0 Å². The first-order valence-electron chi connectivity index (χ1n) is 17.2. The summed E-state index contributed by atoms with van der Waals surface area (Å²) in [6.45, 7) is 2.42. The van der Waals surface area contributed by atoms with Gasteiger partial charge in [-0.1, -0.05) is 13.0 Å². The first-order valence-corrected chi connectivity index (χ1v) is 15.7. The Morgan fingerprint density at radius 2 is 2.00 bits per heavy atom. The van der Waals surface area contributed by atoms with Crippen LogP contribution in [-0.2, 0) is 19.4 Å². The van der Waals surface area contributed by atoms with Gasteiger partial charge < -0.3 is 25.0 Å². The summed E-state index contributed by atoms with van der Waals surface area (Å²) in [5, 5.41) is 15.8. The molecular weight excluding hydrogens is 550 g/mol. The van der Waals surface area contributed by atoms with Gasteiger partial charge >= 0.3 is 6.01 Å². The number of hydrogen-bond acceptors (Lipinski definition) is 8. The molecule has 2 bridgehead atoms. The fourth-order valence-corrected chi connectivity index (χ4v) is 8.18. The Bertz CT molecular complexity index is 1700. The first-order chi connectivity index (χ1) is 21.9. The molecular formula is C33H40F2N6O2. The van der Waals surface area contributed by atoms with Gasteiger partial charge in [0.2, 0.25) is 0 Å². The van der Waals surface area contributed by atoms with E-state index in [1.165, 1.54) is 6.07 Å². The number of nitrogens with one attached hydrogen (secondary N) is 1. The van der Waals surface area contributed by atoms with E-state index in [0.717, 1.165) is 53.8 Å². The number of fused-ring (bicyclic) bond motifs is 5. The van der Waals surface area contributed by atoms with Crippen LogP contribution >= 0.6 is 0 Å². The Morgan fingerprint density at radius 3 is 2.81 bits per heavy atom. The van der Waals surface area contributed by atoms with Crippen molar-refractivity contribution in [1.29, 1.82) is 0 Å². The van der Waals surface area contributed by atoms with Gasteiger partial charge in [-0.2, -0.15) is 9.97 Å². The Hall–Kier alpha value is -3.24. The lowest BCUT2D eigenvalue weighted by Crippen LogP contribution is -2.52. The van der Waals surface area contributed by atoms with E-state index in [0.29, 0.717) is 68.7 Å².